The summed E-state index contributed by atoms with van der Waals surface area (Å²) in [5.41, 5.74) is 0.490. The summed E-state index contributed by atoms with van der Waals surface area (Å²) in [4.78, 5) is 14.5. The Bertz CT molecular complexity index is 638. The van der Waals surface area contributed by atoms with Gasteiger partial charge in [0, 0.05) is 12.6 Å². The van der Waals surface area contributed by atoms with Crippen LogP contribution in [0.4, 0.5) is 0 Å². The molecular weight excluding hydrogens is 308 g/mol. The number of hydrogen-bond acceptors (Lipinski definition) is 5. The fraction of sp³-hybridized carbons (Fsp3) is 0.556. The van der Waals surface area contributed by atoms with Crippen LogP contribution in [0.2, 0.25) is 0 Å². The third-order valence-corrected chi connectivity index (χ3v) is 4.70. The lowest BCUT2D eigenvalue weighted by molar-refractivity contribution is -0.151. The SMILES string of the molecule is COc1cc(C#N)ccc1OCC(=O)N1CCO[C@@H]2CCCC[C@H]21. The molecule has 0 aromatic heterocycles. The Hall–Kier alpha value is -2.26. The van der Waals surface area contributed by atoms with Crippen molar-refractivity contribution >= 4 is 5.91 Å². The predicted octanol–water partition coefficient (Wildman–Crippen LogP) is 2.12. The lowest BCUT2D eigenvalue weighted by atomic mass is 9.90. The number of hydrogen-bond donors (Lipinski definition) is 0. The molecule has 2 aliphatic rings. The van der Waals surface area contributed by atoms with Gasteiger partial charge in [0.2, 0.25) is 0 Å². The van der Waals surface area contributed by atoms with Gasteiger partial charge < -0.3 is 19.1 Å². The van der Waals surface area contributed by atoms with E-state index in [2.05, 4.69) is 6.07 Å². The Morgan fingerprint density at radius 3 is 3.00 bits per heavy atom. The number of rotatable bonds is 4. The van der Waals surface area contributed by atoms with Crippen LogP contribution in [0.15, 0.2) is 18.2 Å². The molecule has 1 aliphatic heterocycles. The molecule has 1 heterocycles. The van der Waals surface area contributed by atoms with Gasteiger partial charge in [-0.1, -0.05) is 12.8 Å². The maximum Gasteiger partial charge on any atom is 0.260 e. The van der Waals surface area contributed by atoms with Crippen LogP contribution in [-0.2, 0) is 9.53 Å². The average Bonchev–Trinajstić information content (AvgIpc) is 2.65. The van der Waals surface area contributed by atoms with E-state index >= 15 is 0 Å². The van der Waals surface area contributed by atoms with Gasteiger partial charge in [-0.15, -0.1) is 0 Å². The molecule has 6 nitrogen and oxygen atoms in total. The van der Waals surface area contributed by atoms with Crippen molar-refractivity contribution < 1.29 is 19.0 Å². The van der Waals surface area contributed by atoms with Gasteiger partial charge in [-0.2, -0.15) is 5.26 Å². The first-order chi connectivity index (χ1) is 11.7. The normalized spacial score (nSPS) is 23.1. The van der Waals surface area contributed by atoms with Gasteiger partial charge in [-0.05, 0) is 25.0 Å². The zero-order chi connectivity index (χ0) is 16.9. The molecule has 24 heavy (non-hydrogen) atoms. The van der Waals surface area contributed by atoms with Crippen LogP contribution in [-0.4, -0.2) is 49.8 Å². The monoisotopic (exact) mass is 330 g/mol. The van der Waals surface area contributed by atoms with Crippen LogP contribution in [0.25, 0.3) is 0 Å². The van der Waals surface area contributed by atoms with Crippen LogP contribution >= 0.6 is 0 Å². The molecule has 2 atom stereocenters. The number of carbonyl (C=O) groups is 1. The summed E-state index contributed by atoms with van der Waals surface area (Å²) in [6.07, 6.45) is 4.50. The highest BCUT2D eigenvalue weighted by Crippen LogP contribution is 2.30. The van der Waals surface area contributed by atoms with E-state index in [-0.39, 0.29) is 24.7 Å². The van der Waals surface area contributed by atoms with Gasteiger partial charge in [0.15, 0.2) is 18.1 Å². The summed E-state index contributed by atoms with van der Waals surface area (Å²) in [6.45, 7) is 1.17. The molecule has 1 aromatic carbocycles. The summed E-state index contributed by atoms with van der Waals surface area (Å²) in [5, 5.41) is 8.93. The van der Waals surface area contributed by atoms with E-state index in [9.17, 15) is 4.79 Å². The molecule has 128 valence electrons. The Morgan fingerprint density at radius 1 is 1.38 bits per heavy atom. The second kappa shape index (κ2) is 7.54. The number of ether oxygens (including phenoxy) is 3. The Kier molecular flexibility index (Phi) is 5.21. The molecule has 0 unspecified atom stereocenters. The number of methoxy groups -OCH3 is 1. The molecule has 0 radical (unpaired) electrons. The van der Waals surface area contributed by atoms with Crippen LogP contribution in [0.1, 0.15) is 31.2 Å². The van der Waals surface area contributed by atoms with Gasteiger partial charge in [0.1, 0.15) is 0 Å². The second-order valence-electron chi connectivity index (χ2n) is 6.11. The first kappa shape index (κ1) is 16.6. The zero-order valence-electron chi connectivity index (χ0n) is 13.9. The minimum atomic E-state index is -0.0362. The highest BCUT2D eigenvalue weighted by molar-refractivity contribution is 5.78. The van der Waals surface area contributed by atoms with Gasteiger partial charge in [0.05, 0.1) is 37.5 Å². The number of morpholine rings is 1. The summed E-state index contributed by atoms with van der Waals surface area (Å²) in [7, 11) is 1.51. The molecule has 0 N–H and O–H groups in total. The maximum absolute atomic E-state index is 12.6. The van der Waals surface area contributed by atoms with Crippen molar-refractivity contribution in [1.29, 1.82) is 5.26 Å². The lowest BCUT2D eigenvalue weighted by Gasteiger charge is -2.43. The average molecular weight is 330 g/mol. The van der Waals surface area contributed by atoms with E-state index in [1.807, 2.05) is 4.90 Å². The molecule has 1 saturated heterocycles. The van der Waals surface area contributed by atoms with Crippen LogP contribution in [0.3, 0.4) is 0 Å². The number of nitrogens with zero attached hydrogens (tertiary/aromatic N) is 2. The van der Waals surface area contributed by atoms with E-state index in [1.54, 1.807) is 18.2 Å². The quantitative estimate of drug-likeness (QED) is 0.845. The molecule has 1 amide bonds. The largest absolute Gasteiger partial charge is 0.493 e. The lowest BCUT2D eigenvalue weighted by Crippen LogP contribution is -2.55. The minimum absolute atomic E-state index is 0.0263. The van der Waals surface area contributed by atoms with E-state index in [0.717, 1.165) is 19.3 Å². The summed E-state index contributed by atoms with van der Waals surface area (Å²) >= 11 is 0. The highest BCUT2D eigenvalue weighted by atomic mass is 16.5. The van der Waals surface area contributed by atoms with Crippen molar-refractivity contribution in [2.45, 2.75) is 37.8 Å². The van der Waals surface area contributed by atoms with Gasteiger partial charge in [0.25, 0.3) is 5.91 Å². The molecule has 6 heteroatoms. The van der Waals surface area contributed by atoms with Crippen molar-refractivity contribution in [3.8, 4) is 17.6 Å². The number of carbonyl (C=O) groups excluding carboxylic acids is 1. The first-order valence-electron chi connectivity index (χ1n) is 8.35. The fourth-order valence-electron chi connectivity index (χ4n) is 3.48. The molecule has 2 fully saturated rings. The Balaban J connectivity index is 1.64. The van der Waals surface area contributed by atoms with E-state index in [0.29, 0.717) is 30.2 Å². The zero-order valence-corrected chi connectivity index (χ0v) is 13.9. The predicted molar refractivity (Wildman–Crippen MR) is 86.9 cm³/mol. The standard InChI is InChI=1S/C18H22N2O4/c1-22-17-10-13(11-19)6-7-16(17)24-12-18(21)20-8-9-23-15-5-3-2-4-14(15)20/h6-7,10,14-15H,2-5,8-9,12H2,1H3/t14-,15-/m1/s1. The molecule has 0 bridgehead atoms. The maximum atomic E-state index is 12.6. The number of nitriles is 1. The molecule has 1 saturated carbocycles. The first-order valence-corrected chi connectivity index (χ1v) is 8.35. The van der Waals surface area contributed by atoms with Gasteiger partial charge >= 0.3 is 0 Å². The number of benzene rings is 1. The second-order valence-corrected chi connectivity index (χ2v) is 6.11. The Morgan fingerprint density at radius 2 is 2.21 bits per heavy atom. The van der Waals surface area contributed by atoms with E-state index in [4.69, 9.17) is 19.5 Å². The summed E-state index contributed by atoms with van der Waals surface area (Å²) < 4.78 is 16.7. The van der Waals surface area contributed by atoms with Gasteiger partial charge in [-0.3, -0.25) is 4.79 Å². The molecule has 1 aliphatic carbocycles. The van der Waals surface area contributed by atoms with Crippen LogP contribution < -0.4 is 9.47 Å². The highest BCUT2D eigenvalue weighted by Gasteiger charge is 2.36. The molecule has 1 aromatic rings. The number of amides is 1. The van der Waals surface area contributed by atoms with Crippen molar-refractivity contribution in [2.24, 2.45) is 0 Å². The van der Waals surface area contributed by atoms with Crippen molar-refractivity contribution in [3.63, 3.8) is 0 Å². The van der Waals surface area contributed by atoms with Crippen LogP contribution in [0.5, 0.6) is 11.5 Å². The fourth-order valence-corrected chi connectivity index (χ4v) is 3.48. The molecular formula is C18H22N2O4. The van der Waals surface area contributed by atoms with Gasteiger partial charge in [-0.25, -0.2) is 0 Å². The van der Waals surface area contributed by atoms with E-state index < -0.39 is 0 Å². The topological polar surface area (TPSA) is 71.8 Å². The summed E-state index contributed by atoms with van der Waals surface area (Å²) in [5.74, 6) is 0.902. The van der Waals surface area contributed by atoms with Crippen molar-refractivity contribution in [1.82, 2.24) is 4.90 Å². The van der Waals surface area contributed by atoms with Crippen molar-refractivity contribution in [2.75, 3.05) is 26.9 Å². The smallest absolute Gasteiger partial charge is 0.260 e. The summed E-state index contributed by atoms with van der Waals surface area (Å²) in [6, 6.07) is 7.13. The Labute approximate surface area is 141 Å². The molecule has 0 spiro atoms. The van der Waals surface area contributed by atoms with Crippen molar-refractivity contribution in [3.05, 3.63) is 23.8 Å². The van der Waals surface area contributed by atoms with Crippen LogP contribution in [0, 0.1) is 11.3 Å². The number of fused-ring (bicyclic) bond motifs is 1. The third-order valence-electron chi connectivity index (χ3n) is 4.70. The van der Waals surface area contributed by atoms with E-state index in [1.165, 1.54) is 13.5 Å². The third kappa shape index (κ3) is 3.46. The minimum Gasteiger partial charge on any atom is -0.493 e. The molecule has 3 rings (SSSR count).